The number of hydrogen-bond donors (Lipinski definition) is 1. The normalized spacial score (nSPS) is 22.5. The third-order valence-electron chi connectivity index (χ3n) is 2.05. The van der Waals surface area contributed by atoms with Crippen molar-refractivity contribution in [3.05, 3.63) is 35.6 Å². The van der Waals surface area contributed by atoms with E-state index in [-0.39, 0.29) is 24.2 Å². The van der Waals surface area contributed by atoms with E-state index in [4.69, 9.17) is 4.42 Å². The van der Waals surface area contributed by atoms with Crippen LogP contribution in [0.3, 0.4) is 0 Å². The van der Waals surface area contributed by atoms with Crippen LogP contribution in [0.1, 0.15) is 5.76 Å². The standard InChI is InChI=1S/C9H11NO3S.ClH/c11-14(12)5-3-8(7-14)10-6-9-2-1-4-13-9;/h1-5,8,10H,6-7H2;1H/p-1. The van der Waals surface area contributed by atoms with Crippen molar-refractivity contribution >= 4 is 9.84 Å². The number of furan rings is 1. The highest BCUT2D eigenvalue weighted by atomic mass is 35.5. The summed E-state index contributed by atoms with van der Waals surface area (Å²) in [5, 5.41) is 4.34. The van der Waals surface area contributed by atoms with E-state index in [1.807, 2.05) is 6.07 Å². The van der Waals surface area contributed by atoms with E-state index in [2.05, 4.69) is 5.32 Å². The second-order valence-corrected chi connectivity index (χ2v) is 5.16. The molecule has 2 heterocycles. The third-order valence-corrected chi connectivity index (χ3v) is 3.44. The molecule has 0 saturated carbocycles. The van der Waals surface area contributed by atoms with Crippen LogP contribution in [0.25, 0.3) is 0 Å². The van der Waals surface area contributed by atoms with Crippen molar-refractivity contribution < 1.29 is 25.2 Å². The molecule has 4 nitrogen and oxygen atoms in total. The lowest BCUT2D eigenvalue weighted by Crippen LogP contribution is -3.00. The lowest BCUT2D eigenvalue weighted by Gasteiger charge is -2.07. The maximum Gasteiger partial charge on any atom is 0.173 e. The SMILES string of the molecule is O=S1(=O)C=CC(NCc2ccco2)C1.[Cl-]. The Labute approximate surface area is 94.7 Å². The highest BCUT2D eigenvalue weighted by molar-refractivity contribution is 7.94. The van der Waals surface area contributed by atoms with Crippen LogP contribution < -0.4 is 17.7 Å². The maximum absolute atomic E-state index is 11.1. The minimum absolute atomic E-state index is 0. The molecule has 2 rings (SSSR count). The van der Waals surface area contributed by atoms with E-state index in [1.54, 1.807) is 18.4 Å². The van der Waals surface area contributed by atoms with Crippen LogP contribution in [0.5, 0.6) is 0 Å². The molecule has 0 aliphatic carbocycles. The van der Waals surface area contributed by atoms with Gasteiger partial charge in [0.25, 0.3) is 0 Å². The van der Waals surface area contributed by atoms with Gasteiger partial charge in [0.1, 0.15) is 5.76 Å². The van der Waals surface area contributed by atoms with Crippen LogP contribution >= 0.6 is 0 Å². The van der Waals surface area contributed by atoms with Gasteiger partial charge in [-0.1, -0.05) is 6.08 Å². The Morgan fingerprint density at radius 3 is 2.87 bits per heavy atom. The van der Waals surface area contributed by atoms with Gasteiger partial charge in [-0.2, -0.15) is 0 Å². The fourth-order valence-electron chi connectivity index (χ4n) is 1.35. The second-order valence-electron chi connectivity index (χ2n) is 3.22. The van der Waals surface area contributed by atoms with Crippen molar-refractivity contribution in [2.45, 2.75) is 12.6 Å². The van der Waals surface area contributed by atoms with Gasteiger partial charge >= 0.3 is 0 Å². The van der Waals surface area contributed by atoms with Gasteiger partial charge in [-0.15, -0.1) is 0 Å². The Kier molecular flexibility index (Phi) is 3.96. The van der Waals surface area contributed by atoms with Gasteiger partial charge < -0.3 is 22.1 Å². The molecule has 0 aromatic carbocycles. The van der Waals surface area contributed by atoms with Gasteiger partial charge in [0.2, 0.25) is 0 Å². The highest BCUT2D eigenvalue weighted by Crippen LogP contribution is 2.09. The van der Waals surface area contributed by atoms with E-state index in [1.165, 1.54) is 5.41 Å². The Balaban J connectivity index is 0.00000112. The van der Waals surface area contributed by atoms with Crippen LogP contribution in [-0.2, 0) is 16.4 Å². The van der Waals surface area contributed by atoms with Gasteiger partial charge in [0, 0.05) is 11.4 Å². The predicted octanol–water partition coefficient (Wildman–Crippen LogP) is -2.32. The highest BCUT2D eigenvalue weighted by Gasteiger charge is 2.20. The second kappa shape index (κ2) is 4.83. The zero-order chi connectivity index (χ0) is 10.0. The van der Waals surface area contributed by atoms with E-state index in [0.29, 0.717) is 6.54 Å². The fraction of sp³-hybridized carbons (Fsp3) is 0.333. The fourth-order valence-corrected chi connectivity index (χ4v) is 2.62. The molecule has 6 heteroatoms. The summed E-state index contributed by atoms with van der Waals surface area (Å²) in [4.78, 5) is 0. The van der Waals surface area contributed by atoms with Gasteiger partial charge in [0.05, 0.1) is 18.6 Å². The lowest BCUT2D eigenvalue weighted by atomic mass is 10.3. The molecule has 0 saturated heterocycles. The molecule has 84 valence electrons. The van der Waals surface area contributed by atoms with Gasteiger partial charge in [-0.25, -0.2) is 8.42 Å². The molecule has 0 radical (unpaired) electrons. The number of sulfone groups is 1. The molecule has 15 heavy (non-hydrogen) atoms. The van der Waals surface area contributed by atoms with Gasteiger partial charge in [0.15, 0.2) is 9.84 Å². The summed E-state index contributed by atoms with van der Waals surface area (Å²) in [5.41, 5.74) is 0. The maximum atomic E-state index is 11.1. The van der Waals surface area contributed by atoms with Crippen molar-refractivity contribution in [1.82, 2.24) is 5.32 Å². The molecular formula is C9H11ClNO3S-. The first-order valence-electron chi connectivity index (χ1n) is 4.32. The van der Waals surface area contributed by atoms with Crippen molar-refractivity contribution in [1.29, 1.82) is 0 Å². The first-order valence-corrected chi connectivity index (χ1v) is 6.04. The zero-order valence-electron chi connectivity index (χ0n) is 7.89. The first kappa shape index (κ1) is 12.3. The minimum atomic E-state index is -2.96. The summed E-state index contributed by atoms with van der Waals surface area (Å²) in [7, 11) is -2.96. The monoisotopic (exact) mass is 248 g/mol. The molecular weight excluding hydrogens is 238 g/mol. The molecule has 0 amide bonds. The van der Waals surface area contributed by atoms with Crippen molar-refractivity contribution in [3.8, 4) is 0 Å². The average molecular weight is 249 g/mol. The zero-order valence-corrected chi connectivity index (χ0v) is 9.46. The van der Waals surface area contributed by atoms with Gasteiger partial charge in [-0.05, 0) is 12.1 Å². The average Bonchev–Trinajstić information content (AvgIpc) is 2.70. The van der Waals surface area contributed by atoms with E-state index < -0.39 is 9.84 Å². The van der Waals surface area contributed by atoms with Crippen molar-refractivity contribution in [2.75, 3.05) is 5.75 Å². The Hall–Kier alpha value is -0.780. The Morgan fingerprint density at radius 1 is 1.53 bits per heavy atom. The van der Waals surface area contributed by atoms with Crippen LogP contribution in [0.15, 0.2) is 34.3 Å². The molecule has 0 fully saturated rings. The molecule has 1 atom stereocenters. The predicted molar refractivity (Wildman–Crippen MR) is 52.3 cm³/mol. The van der Waals surface area contributed by atoms with Crippen LogP contribution in [0.2, 0.25) is 0 Å². The third kappa shape index (κ3) is 3.37. The summed E-state index contributed by atoms with van der Waals surface area (Å²) >= 11 is 0. The van der Waals surface area contributed by atoms with E-state index in [9.17, 15) is 8.42 Å². The number of halogens is 1. The summed E-state index contributed by atoms with van der Waals surface area (Å²) in [6.07, 6.45) is 3.26. The molecule has 1 aliphatic heterocycles. The quantitative estimate of drug-likeness (QED) is 0.653. The number of hydrogen-bond acceptors (Lipinski definition) is 4. The van der Waals surface area contributed by atoms with Gasteiger partial charge in [-0.3, -0.25) is 0 Å². The molecule has 1 aliphatic rings. The molecule has 1 aromatic rings. The Morgan fingerprint density at radius 2 is 2.33 bits per heavy atom. The minimum Gasteiger partial charge on any atom is -1.00 e. The summed E-state index contributed by atoms with van der Waals surface area (Å²) < 4.78 is 27.2. The number of nitrogens with one attached hydrogen (secondary N) is 1. The summed E-state index contributed by atoms with van der Waals surface area (Å²) in [6, 6.07) is 3.56. The van der Waals surface area contributed by atoms with Crippen LogP contribution in [0.4, 0.5) is 0 Å². The van der Waals surface area contributed by atoms with Crippen molar-refractivity contribution in [3.63, 3.8) is 0 Å². The van der Waals surface area contributed by atoms with Crippen LogP contribution in [-0.4, -0.2) is 20.2 Å². The molecule has 1 unspecified atom stereocenters. The lowest BCUT2D eigenvalue weighted by molar-refractivity contribution is -0.00000578. The topological polar surface area (TPSA) is 59.3 Å². The largest absolute Gasteiger partial charge is 1.00 e. The van der Waals surface area contributed by atoms with E-state index >= 15 is 0 Å². The molecule has 0 spiro atoms. The number of rotatable bonds is 3. The molecule has 1 aromatic heterocycles. The first-order chi connectivity index (χ1) is 6.66. The molecule has 0 bridgehead atoms. The Bertz CT molecular complexity index is 424. The summed E-state index contributed by atoms with van der Waals surface area (Å²) in [5.74, 6) is 0.955. The molecule has 1 N–H and O–H groups in total. The smallest absolute Gasteiger partial charge is 0.173 e. The van der Waals surface area contributed by atoms with Crippen molar-refractivity contribution in [2.24, 2.45) is 0 Å². The van der Waals surface area contributed by atoms with E-state index in [0.717, 1.165) is 5.76 Å². The summed E-state index contributed by atoms with van der Waals surface area (Å²) in [6.45, 7) is 0.553. The van der Waals surface area contributed by atoms with Crippen LogP contribution in [0, 0.1) is 0 Å².